The van der Waals surface area contributed by atoms with Crippen LogP contribution in [0.1, 0.15) is 20.8 Å². The van der Waals surface area contributed by atoms with Gasteiger partial charge < -0.3 is 9.64 Å². The van der Waals surface area contributed by atoms with Crippen molar-refractivity contribution in [3.8, 4) is 0 Å². The standard InChI is InChI=1S/C14H21NO3/c1-7-18-14(17)12(11(4)16)8-9-13(10(2)3)15(5)6/h8-9H,2,7H2,1,3-6H3/b12-8+,13-9+. The number of carbonyl (C=O) groups is 2. The second-order valence-corrected chi connectivity index (χ2v) is 4.08. The summed E-state index contributed by atoms with van der Waals surface area (Å²) in [6.07, 6.45) is 3.17. The van der Waals surface area contributed by atoms with Crippen molar-refractivity contribution in [3.63, 3.8) is 0 Å². The maximum Gasteiger partial charge on any atom is 0.341 e. The Hall–Kier alpha value is -1.84. The summed E-state index contributed by atoms with van der Waals surface area (Å²) in [7, 11) is 3.73. The lowest BCUT2D eigenvalue weighted by atomic mass is 10.1. The monoisotopic (exact) mass is 251 g/mol. The molecule has 0 aliphatic carbocycles. The van der Waals surface area contributed by atoms with Gasteiger partial charge in [-0.3, -0.25) is 4.79 Å². The van der Waals surface area contributed by atoms with Gasteiger partial charge >= 0.3 is 5.97 Å². The molecule has 0 N–H and O–H groups in total. The summed E-state index contributed by atoms with van der Waals surface area (Å²) in [4.78, 5) is 24.8. The Labute approximate surface area is 109 Å². The minimum absolute atomic E-state index is 0.0393. The Balaban J connectivity index is 5.31. The van der Waals surface area contributed by atoms with Gasteiger partial charge in [0.05, 0.1) is 6.61 Å². The molecule has 0 atom stereocenters. The van der Waals surface area contributed by atoms with E-state index in [0.29, 0.717) is 0 Å². The highest BCUT2D eigenvalue weighted by Crippen LogP contribution is 2.11. The van der Waals surface area contributed by atoms with Crippen LogP contribution >= 0.6 is 0 Å². The number of nitrogens with zero attached hydrogens (tertiary/aromatic N) is 1. The largest absolute Gasteiger partial charge is 0.462 e. The summed E-state index contributed by atoms with van der Waals surface area (Å²) in [5.74, 6) is -0.911. The number of rotatable bonds is 6. The van der Waals surface area contributed by atoms with Crippen LogP contribution in [0.4, 0.5) is 0 Å². The third kappa shape index (κ3) is 4.99. The number of ether oxygens (including phenoxy) is 1. The van der Waals surface area contributed by atoms with Crippen LogP contribution in [0.15, 0.2) is 35.6 Å². The Morgan fingerprint density at radius 2 is 1.78 bits per heavy atom. The highest BCUT2D eigenvalue weighted by Gasteiger charge is 2.14. The van der Waals surface area contributed by atoms with Crippen LogP contribution in [0, 0.1) is 0 Å². The molecular weight excluding hydrogens is 230 g/mol. The molecular formula is C14H21NO3. The topological polar surface area (TPSA) is 46.6 Å². The van der Waals surface area contributed by atoms with Gasteiger partial charge in [-0.05, 0) is 38.5 Å². The lowest BCUT2D eigenvalue weighted by Gasteiger charge is -2.16. The van der Waals surface area contributed by atoms with Crippen molar-refractivity contribution in [1.82, 2.24) is 4.90 Å². The molecule has 0 bridgehead atoms. The second kappa shape index (κ2) is 7.48. The van der Waals surface area contributed by atoms with E-state index in [-0.39, 0.29) is 18.0 Å². The second-order valence-electron chi connectivity index (χ2n) is 4.08. The lowest BCUT2D eigenvalue weighted by molar-refractivity contribution is -0.139. The molecule has 0 aromatic heterocycles. The minimum atomic E-state index is -0.596. The lowest BCUT2D eigenvalue weighted by Crippen LogP contribution is -2.14. The van der Waals surface area contributed by atoms with Crippen molar-refractivity contribution < 1.29 is 14.3 Å². The first-order valence-corrected chi connectivity index (χ1v) is 5.74. The first-order valence-electron chi connectivity index (χ1n) is 5.74. The quantitative estimate of drug-likeness (QED) is 0.238. The average Bonchev–Trinajstić information content (AvgIpc) is 2.22. The van der Waals surface area contributed by atoms with Crippen LogP contribution in [-0.2, 0) is 14.3 Å². The smallest absolute Gasteiger partial charge is 0.341 e. The molecule has 4 nitrogen and oxygen atoms in total. The highest BCUT2D eigenvalue weighted by atomic mass is 16.5. The van der Waals surface area contributed by atoms with Crippen molar-refractivity contribution in [1.29, 1.82) is 0 Å². The van der Waals surface area contributed by atoms with E-state index >= 15 is 0 Å². The summed E-state index contributed by atoms with van der Waals surface area (Å²) in [6, 6.07) is 0. The molecule has 0 amide bonds. The van der Waals surface area contributed by atoms with Crippen LogP contribution in [0.5, 0.6) is 0 Å². The fourth-order valence-corrected chi connectivity index (χ4v) is 1.37. The van der Waals surface area contributed by atoms with Crippen molar-refractivity contribution in [2.45, 2.75) is 20.8 Å². The van der Waals surface area contributed by atoms with Crippen LogP contribution in [0.2, 0.25) is 0 Å². The Morgan fingerprint density at radius 3 is 2.11 bits per heavy atom. The molecule has 18 heavy (non-hydrogen) atoms. The summed E-state index contributed by atoms with van der Waals surface area (Å²) in [6.45, 7) is 8.98. The number of ketones is 1. The van der Waals surface area contributed by atoms with Gasteiger partial charge in [0.2, 0.25) is 0 Å². The molecule has 0 rings (SSSR count). The summed E-state index contributed by atoms with van der Waals surface area (Å²) < 4.78 is 4.83. The fourth-order valence-electron chi connectivity index (χ4n) is 1.37. The Kier molecular flexibility index (Phi) is 6.71. The molecule has 0 aliphatic heterocycles. The molecule has 4 heteroatoms. The van der Waals surface area contributed by atoms with E-state index in [1.807, 2.05) is 25.9 Å². The number of likely N-dealkylation sites (N-methyl/N-ethyl adjacent to an activating group) is 1. The van der Waals surface area contributed by atoms with Gasteiger partial charge in [0.25, 0.3) is 0 Å². The molecule has 0 unspecified atom stereocenters. The number of allylic oxidation sites excluding steroid dienone is 3. The van der Waals surface area contributed by atoms with Crippen LogP contribution in [-0.4, -0.2) is 37.4 Å². The van der Waals surface area contributed by atoms with Crippen molar-refractivity contribution >= 4 is 11.8 Å². The maximum atomic E-state index is 11.6. The van der Waals surface area contributed by atoms with Gasteiger partial charge in [-0.1, -0.05) is 6.58 Å². The normalized spacial score (nSPS) is 12.1. The molecule has 0 saturated carbocycles. The van der Waals surface area contributed by atoms with E-state index in [9.17, 15) is 9.59 Å². The molecule has 0 aliphatic rings. The van der Waals surface area contributed by atoms with Crippen LogP contribution < -0.4 is 0 Å². The van der Waals surface area contributed by atoms with Gasteiger partial charge in [0, 0.05) is 19.8 Å². The van der Waals surface area contributed by atoms with E-state index < -0.39 is 5.97 Å². The molecule has 0 fully saturated rings. The number of carbonyl (C=O) groups excluding carboxylic acids is 2. The molecule has 0 radical (unpaired) electrons. The van der Waals surface area contributed by atoms with Crippen molar-refractivity contribution in [2.24, 2.45) is 0 Å². The SMILES string of the molecule is C=C(C)/C(=C\C=C(/C(C)=O)C(=O)OCC)N(C)C. The third-order valence-corrected chi connectivity index (χ3v) is 2.20. The molecule has 0 heterocycles. The van der Waals surface area contributed by atoms with Gasteiger partial charge in [-0.15, -0.1) is 0 Å². The molecule has 0 spiro atoms. The molecule has 0 aromatic carbocycles. The minimum Gasteiger partial charge on any atom is -0.462 e. The number of Topliss-reactive ketones (excluding diaryl/α,β-unsaturated/α-hetero) is 1. The first kappa shape index (κ1) is 16.2. The zero-order chi connectivity index (χ0) is 14.3. The van der Waals surface area contributed by atoms with E-state index in [1.54, 1.807) is 13.0 Å². The zero-order valence-corrected chi connectivity index (χ0v) is 11.7. The number of hydrogen-bond donors (Lipinski definition) is 0. The summed E-state index contributed by atoms with van der Waals surface area (Å²) in [5, 5.41) is 0. The molecule has 0 aromatic rings. The van der Waals surface area contributed by atoms with Crippen molar-refractivity contribution in [3.05, 3.63) is 35.6 Å². The van der Waals surface area contributed by atoms with Crippen LogP contribution in [0.3, 0.4) is 0 Å². The summed E-state index contributed by atoms with van der Waals surface area (Å²) in [5.41, 5.74) is 1.73. The molecule has 0 saturated heterocycles. The zero-order valence-electron chi connectivity index (χ0n) is 11.7. The predicted octanol–water partition coefficient (Wildman–Crippen LogP) is 2.09. The van der Waals surface area contributed by atoms with Gasteiger partial charge in [-0.25, -0.2) is 4.79 Å². The third-order valence-electron chi connectivity index (χ3n) is 2.20. The average molecular weight is 251 g/mol. The van der Waals surface area contributed by atoms with Gasteiger partial charge in [0.1, 0.15) is 5.57 Å². The van der Waals surface area contributed by atoms with Gasteiger partial charge in [-0.2, -0.15) is 0 Å². The van der Waals surface area contributed by atoms with Crippen LogP contribution in [0.25, 0.3) is 0 Å². The Morgan fingerprint density at radius 1 is 1.22 bits per heavy atom. The number of esters is 1. The first-order chi connectivity index (χ1) is 8.31. The van der Waals surface area contributed by atoms with Crippen molar-refractivity contribution in [2.75, 3.05) is 20.7 Å². The number of hydrogen-bond acceptors (Lipinski definition) is 4. The van der Waals surface area contributed by atoms with Gasteiger partial charge in [0.15, 0.2) is 5.78 Å². The van der Waals surface area contributed by atoms with E-state index in [1.165, 1.54) is 13.0 Å². The van der Waals surface area contributed by atoms with E-state index in [2.05, 4.69) is 6.58 Å². The highest BCUT2D eigenvalue weighted by molar-refractivity contribution is 6.16. The predicted molar refractivity (Wildman–Crippen MR) is 72.0 cm³/mol. The fraction of sp³-hybridized carbons (Fsp3) is 0.429. The van der Waals surface area contributed by atoms with E-state index in [0.717, 1.165) is 11.3 Å². The Bertz CT molecular complexity index is 403. The van der Waals surface area contributed by atoms with E-state index in [4.69, 9.17) is 4.74 Å². The maximum absolute atomic E-state index is 11.6. The molecule has 100 valence electrons. The summed E-state index contributed by atoms with van der Waals surface area (Å²) >= 11 is 0.